The van der Waals surface area contributed by atoms with Gasteiger partial charge in [0.1, 0.15) is 11.8 Å². The van der Waals surface area contributed by atoms with Crippen molar-refractivity contribution in [2.24, 2.45) is 0 Å². The van der Waals surface area contributed by atoms with Crippen LogP contribution in [0.4, 0.5) is 0 Å². The Labute approximate surface area is 168 Å². The molecule has 3 aromatic rings. The van der Waals surface area contributed by atoms with Gasteiger partial charge in [0, 0.05) is 31.7 Å². The van der Waals surface area contributed by atoms with Gasteiger partial charge in [-0.2, -0.15) is 0 Å². The van der Waals surface area contributed by atoms with E-state index in [0.717, 1.165) is 5.56 Å². The summed E-state index contributed by atoms with van der Waals surface area (Å²) >= 11 is 0. The molecule has 0 aliphatic carbocycles. The molecule has 1 atom stereocenters. The number of nitrogens with zero attached hydrogens (tertiary/aromatic N) is 2. The first-order chi connectivity index (χ1) is 14.0. The lowest BCUT2D eigenvalue weighted by atomic mass is 10.1. The number of hydrogen-bond donors (Lipinski definition) is 3. The topological polar surface area (TPSA) is 94.8 Å². The SMILES string of the molecule is CN(Cc1ccccc1)C(=O)C(CO)NC(=O)c1cc(-n2cccc2)ccc1O. The minimum atomic E-state index is -1.12. The molecule has 0 saturated heterocycles. The van der Waals surface area contributed by atoms with Crippen LogP contribution in [0, 0.1) is 0 Å². The minimum Gasteiger partial charge on any atom is -0.507 e. The molecular weight excluding hydrogens is 370 g/mol. The van der Waals surface area contributed by atoms with Gasteiger partial charge in [0.2, 0.25) is 5.91 Å². The van der Waals surface area contributed by atoms with Crippen LogP contribution in [0.25, 0.3) is 5.69 Å². The highest BCUT2D eigenvalue weighted by atomic mass is 16.3. The fourth-order valence-electron chi connectivity index (χ4n) is 3.00. The quantitative estimate of drug-likeness (QED) is 0.572. The second kappa shape index (κ2) is 9.07. The van der Waals surface area contributed by atoms with E-state index < -0.39 is 24.5 Å². The molecular formula is C22H23N3O4. The lowest BCUT2D eigenvalue weighted by Crippen LogP contribution is -2.49. The Kier molecular flexibility index (Phi) is 6.31. The standard InChI is InChI=1S/C22H23N3O4/c1-24(14-16-7-3-2-4-8-16)22(29)19(15-26)23-21(28)18-13-17(9-10-20(18)27)25-11-5-6-12-25/h2-13,19,26-27H,14-15H2,1H3,(H,23,28). The number of aliphatic hydroxyl groups is 1. The smallest absolute Gasteiger partial charge is 0.255 e. The van der Waals surface area contributed by atoms with E-state index in [-0.39, 0.29) is 11.3 Å². The summed E-state index contributed by atoms with van der Waals surface area (Å²) in [6.45, 7) is -0.206. The van der Waals surface area contributed by atoms with Crippen LogP contribution in [-0.2, 0) is 11.3 Å². The Hall–Kier alpha value is -3.58. The average molecular weight is 393 g/mol. The van der Waals surface area contributed by atoms with E-state index in [1.807, 2.05) is 54.9 Å². The number of carbonyl (C=O) groups is 2. The van der Waals surface area contributed by atoms with Crippen molar-refractivity contribution in [2.45, 2.75) is 12.6 Å². The third-order valence-electron chi connectivity index (χ3n) is 4.55. The maximum atomic E-state index is 12.7. The Morgan fingerprint density at radius 3 is 2.41 bits per heavy atom. The Bertz CT molecular complexity index is 971. The van der Waals surface area contributed by atoms with Gasteiger partial charge in [0.15, 0.2) is 0 Å². The zero-order chi connectivity index (χ0) is 20.8. The molecule has 0 bridgehead atoms. The van der Waals surface area contributed by atoms with E-state index in [4.69, 9.17) is 0 Å². The van der Waals surface area contributed by atoms with E-state index in [1.165, 1.54) is 17.0 Å². The molecule has 7 heteroatoms. The van der Waals surface area contributed by atoms with Crippen LogP contribution in [-0.4, -0.2) is 51.2 Å². The summed E-state index contributed by atoms with van der Waals surface area (Å²) in [5.41, 5.74) is 1.64. The molecule has 0 spiro atoms. The van der Waals surface area contributed by atoms with E-state index in [0.29, 0.717) is 12.2 Å². The Balaban J connectivity index is 1.72. The number of benzene rings is 2. The highest BCUT2D eigenvalue weighted by Gasteiger charge is 2.25. The highest BCUT2D eigenvalue weighted by molar-refractivity contribution is 6.00. The van der Waals surface area contributed by atoms with Crippen LogP contribution in [0.1, 0.15) is 15.9 Å². The monoisotopic (exact) mass is 393 g/mol. The number of aromatic hydroxyl groups is 1. The van der Waals surface area contributed by atoms with E-state index in [2.05, 4.69) is 5.32 Å². The highest BCUT2D eigenvalue weighted by Crippen LogP contribution is 2.21. The van der Waals surface area contributed by atoms with Gasteiger partial charge in [-0.3, -0.25) is 9.59 Å². The molecule has 0 aliphatic rings. The van der Waals surface area contributed by atoms with Crippen LogP contribution in [0.5, 0.6) is 5.75 Å². The molecule has 3 N–H and O–H groups in total. The summed E-state index contributed by atoms with van der Waals surface area (Å²) in [4.78, 5) is 26.8. The van der Waals surface area contributed by atoms with E-state index >= 15 is 0 Å². The molecule has 0 saturated carbocycles. The van der Waals surface area contributed by atoms with Crippen LogP contribution < -0.4 is 5.32 Å². The van der Waals surface area contributed by atoms with E-state index in [9.17, 15) is 19.8 Å². The summed E-state index contributed by atoms with van der Waals surface area (Å²) in [6.07, 6.45) is 3.62. The third kappa shape index (κ3) is 4.83. The molecule has 0 fully saturated rings. The molecule has 150 valence electrons. The van der Waals surface area contributed by atoms with Gasteiger partial charge in [-0.15, -0.1) is 0 Å². The van der Waals surface area contributed by atoms with Crippen LogP contribution in [0.3, 0.4) is 0 Å². The van der Waals surface area contributed by atoms with Gasteiger partial charge in [0.25, 0.3) is 5.91 Å². The average Bonchev–Trinajstić information content (AvgIpc) is 3.27. The number of phenolic OH excluding ortho intramolecular Hbond substituents is 1. The van der Waals surface area contributed by atoms with Gasteiger partial charge in [-0.05, 0) is 35.9 Å². The van der Waals surface area contributed by atoms with Gasteiger partial charge in [-0.25, -0.2) is 0 Å². The van der Waals surface area contributed by atoms with E-state index in [1.54, 1.807) is 17.7 Å². The third-order valence-corrected chi connectivity index (χ3v) is 4.55. The number of likely N-dealkylation sites (N-methyl/N-ethyl adjacent to an activating group) is 1. The molecule has 2 amide bonds. The van der Waals surface area contributed by atoms with Crippen LogP contribution >= 0.6 is 0 Å². The summed E-state index contributed by atoms with van der Waals surface area (Å²) in [7, 11) is 1.61. The Morgan fingerprint density at radius 2 is 1.76 bits per heavy atom. The lowest BCUT2D eigenvalue weighted by Gasteiger charge is -2.23. The van der Waals surface area contributed by atoms with Crippen molar-refractivity contribution < 1.29 is 19.8 Å². The number of carbonyl (C=O) groups excluding carboxylic acids is 2. The van der Waals surface area contributed by atoms with Crippen LogP contribution in [0.15, 0.2) is 73.1 Å². The number of nitrogens with one attached hydrogen (secondary N) is 1. The summed E-state index contributed by atoms with van der Waals surface area (Å²) in [6, 6.07) is 16.6. The number of phenols is 1. The molecule has 1 unspecified atom stereocenters. The molecule has 1 heterocycles. The van der Waals surface area contributed by atoms with Gasteiger partial charge >= 0.3 is 0 Å². The summed E-state index contributed by atoms with van der Waals surface area (Å²) in [5, 5.41) is 22.3. The van der Waals surface area contributed by atoms with Crippen molar-refractivity contribution in [3.05, 3.63) is 84.2 Å². The van der Waals surface area contributed by atoms with Crippen molar-refractivity contribution in [2.75, 3.05) is 13.7 Å². The number of aromatic nitrogens is 1. The Morgan fingerprint density at radius 1 is 1.07 bits per heavy atom. The fraction of sp³-hybridized carbons (Fsp3) is 0.182. The fourth-order valence-corrected chi connectivity index (χ4v) is 3.00. The van der Waals surface area contributed by atoms with Crippen molar-refractivity contribution in [3.63, 3.8) is 0 Å². The lowest BCUT2D eigenvalue weighted by molar-refractivity contribution is -0.133. The summed E-state index contributed by atoms with van der Waals surface area (Å²) in [5.74, 6) is -1.28. The van der Waals surface area contributed by atoms with Crippen LogP contribution in [0.2, 0.25) is 0 Å². The maximum absolute atomic E-state index is 12.7. The molecule has 0 radical (unpaired) electrons. The zero-order valence-corrected chi connectivity index (χ0v) is 16.0. The summed E-state index contributed by atoms with van der Waals surface area (Å²) < 4.78 is 1.79. The molecule has 7 nitrogen and oxygen atoms in total. The van der Waals surface area contributed by atoms with Gasteiger partial charge < -0.3 is 25.0 Å². The predicted octanol–water partition coefficient (Wildman–Crippen LogP) is 1.93. The van der Waals surface area contributed by atoms with Crippen molar-refractivity contribution in [3.8, 4) is 11.4 Å². The second-order valence-corrected chi connectivity index (χ2v) is 6.68. The second-order valence-electron chi connectivity index (χ2n) is 6.68. The molecule has 0 aliphatic heterocycles. The molecule has 29 heavy (non-hydrogen) atoms. The van der Waals surface area contributed by atoms with Crippen molar-refractivity contribution in [1.82, 2.24) is 14.8 Å². The molecule has 2 aromatic carbocycles. The largest absolute Gasteiger partial charge is 0.507 e. The minimum absolute atomic E-state index is 0.0214. The van der Waals surface area contributed by atoms with Crippen molar-refractivity contribution in [1.29, 1.82) is 0 Å². The maximum Gasteiger partial charge on any atom is 0.255 e. The van der Waals surface area contributed by atoms with Gasteiger partial charge in [0.05, 0.1) is 12.2 Å². The first-order valence-corrected chi connectivity index (χ1v) is 9.16. The first kappa shape index (κ1) is 20.2. The van der Waals surface area contributed by atoms with Gasteiger partial charge in [-0.1, -0.05) is 30.3 Å². The number of amides is 2. The predicted molar refractivity (Wildman–Crippen MR) is 109 cm³/mol. The molecule has 3 rings (SSSR count). The first-order valence-electron chi connectivity index (χ1n) is 9.16. The molecule has 1 aromatic heterocycles. The number of aliphatic hydroxyl groups excluding tert-OH is 1. The number of hydrogen-bond acceptors (Lipinski definition) is 4. The number of rotatable bonds is 7. The van der Waals surface area contributed by atoms with Crippen molar-refractivity contribution >= 4 is 11.8 Å². The normalized spacial score (nSPS) is 11.7. The zero-order valence-electron chi connectivity index (χ0n) is 16.0.